The molecule has 0 aliphatic rings. The van der Waals surface area contributed by atoms with Gasteiger partial charge in [0.2, 0.25) is 0 Å². The summed E-state index contributed by atoms with van der Waals surface area (Å²) in [6.45, 7) is 7.33. The number of rotatable bonds is 5. The van der Waals surface area contributed by atoms with Crippen LogP contribution >= 0.6 is 0 Å². The molecular formula is C13H19N5O. The Kier molecular flexibility index (Phi) is 3.99. The number of anilines is 1. The fourth-order valence-corrected chi connectivity index (χ4v) is 1.84. The summed E-state index contributed by atoms with van der Waals surface area (Å²) in [5.74, 6) is 0.799. The van der Waals surface area contributed by atoms with Gasteiger partial charge in [-0.05, 0) is 12.8 Å². The lowest BCUT2D eigenvalue weighted by Crippen LogP contribution is -2.25. The van der Waals surface area contributed by atoms with E-state index in [0.29, 0.717) is 24.8 Å². The molecule has 2 heterocycles. The van der Waals surface area contributed by atoms with E-state index in [1.165, 1.54) is 0 Å². The van der Waals surface area contributed by atoms with E-state index in [-0.39, 0.29) is 5.56 Å². The molecule has 2 aromatic heterocycles. The zero-order chi connectivity index (χ0) is 13.8. The van der Waals surface area contributed by atoms with Crippen LogP contribution in [0.25, 0.3) is 0 Å². The molecule has 2 aromatic rings. The van der Waals surface area contributed by atoms with Crippen LogP contribution in [0.1, 0.15) is 25.1 Å². The van der Waals surface area contributed by atoms with Gasteiger partial charge in [-0.2, -0.15) is 5.10 Å². The first-order chi connectivity index (χ1) is 9.08. The SMILES string of the molecule is Cc1[nH]ncc1CNc1nccn(CC(C)C)c1=O. The third kappa shape index (κ3) is 3.21. The van der Waals surface area contributed by atoms with Crippen molar-refractivity contribution in [3.8, 4) is 0 Å². The second-order valence-electron chi connectivity index (χ2n) is 5.00. The van der Waals surface area contributed by atoms with Crippen molar-refractivity contribution in [2.45, 2.75) is 33.9 Å². The van der Waals surface area contributed by atoms with E-state index in [4.69, 9.17) is 0 Å². The highest BCUT2D eigenvalue weighted by molar-refractivity contribution is 5.33. The molecule has 0 atom stereocenters. The Morgan fingerprint density at radius 3 is 2.89 bits per heavy atom. The van der Waals surface area contributed by atoms with Gasteiger partial charge in [0.05, 0.1) is 6.20 Å². The predicted molar refractivity (Wildman–Crippen MR) is 74.0 cm³/mol. The molecule has 19 heavy (non-hydrogen) atoms. The van der Waals surface area contributed by atoms with Crippen molar-refractivity contribution in [2.75, 3.05) is 5.32 Å². The van der Waals surface area contributed by atoms with Crippen LogP contribution in [0.2, 0.25) is 0 Å². The van der Waals surface area contributed by atoms with E-state index in [1.54, 1.807) is 23.2 Å². The van der Waals surface area contributed by atoms with E-state index < -0.39 is 0 Å². The van der Waals surface area contributed by atoms with Crippen molar-refractivity contribution in [3.63, 3.8) is 0 Å². The summed E-state index contributed by atoms with van der Waals surface area (Å²) in [7, 11) is 0. The Morgan fingerprint density at radius 1 is 1.47 bits per heavy atom. The van der Waals surface area contributed by atoms with Crippen LogP contribution in [-0.4, -0.2) is 19.7 Å². The smallest absolute Gasteiger partial charge is 0.293 e. The Morgan fingerprint density at radius 2 is 2.26 bits per heavy atom. The molecule has 0 bridgehead atoms. The van der Waals surface area contributed by atoms with Crippen LogP contribution in [0.4, 0.5) is 5.82 Å². The summed E-state index contributed by atoms with van der Waals surface area (Å²) in [5.41, 5.74) is 1.93. The second kappa shape index (κ2) is 5.69. The normalized spacial score (nSPS) is 10.9. The summed E-state index contributed by atoms with van der Waals surface area (Å²) in [4.78, 5) is 16.3. The van der Waals surface area contributed by atoms with Gasteiger partial charge in [0.15, 0.2) is 5.82 Å². The highest BCUT2D eigenvalue weighted by atomic mass is 16.1. The van der Waals surface area contributed by atoms with Gasteiger partial charge in [0.1, 0.15) is 0 Å². The van der Waals surface area contributed by atoms with Crippen LogP contribution in [0.3, 0.4) is 0 Å². The fraction of sp³-hybridized carbons (Fsp3) is 0.462. The Bertz CT molecular complexity index is 599. The molecule has 0 radical (unpaired) electrons. The highest BCUT2D eigenvalue weighted by Crippen LogP contribution is 2.05. The van der Waals surface area contributed by atoms with E-state index in [0.717, 1.165) is 11.3 Å². The van der Waals surface area contributed by atoms with E-state index in [1.807, 2.05) is 6.92 Å². The number of hydrogen-bond donors (Lipinski definition) is 2. The summed E-state index contributed by atoms with van der Waals surface area (Å²) in [6, 6.07) is 0. The van der Waals surface area contributed by atoms with Crippen molar-refractivity contribution in [1.29, 1.82) is 0 Å². The van der Waals surface area contributed by atoms with Gasteiger partial charge in [-0.15, -0.1) is 0 Å². The molecule has 0 fully saturated rings. The number of hydrogen-bond acceptors (Lipinski definition) is 4. The average molecular weight is 261 g/mol. The first-order valence-corrected chi connectivity index (χ1v) is 6.36. The number of aromatic amines is 1. The molecule has 2 rings (SSSR count). The molecule has 0 aromatic carbocycles. The van der Waals surface area contributed by atoms with Crippen molar-refractivity contribution < 1.29 is 0 Å². The maximum absolute atomic E-state index is 12.2. The number of nitrogens with zero attached hydrogens (tertiary/aromatic N) is 3. The average Bonchev–Trinajstić information content (AvgIpc) is 2.76. The van der Waals surface area contributed by atoms with Gasteiger partial charge in [0.25, 0.3) is 5.56 Å². The third-order valence-corrected chi connectivity index (χ3v) is 2.86. The lowest BCUT2D eigenvalue weighted by Gasteiger charge is -2.10. The zero-order valence-electron chi connectivity index (χ0n) is 11.5. The van der Waals surface area contributed by atoms with Crippen molar-refractivity contribution in [1.82, 2.24) is 19.7 Å². The largest absolute Gasteiger partial charge is 0.361 e. The fourth-order valence-electron chi connectivity index (χ4n) is 1.84. The van der Waals surface area contributed by atoms with Crippen LogP contribution in [0.5, 0.6) is 0 Å². The molecule has 0 aliphatic carbocycles. The molecule has 0 aliphatic heterocycles. The summed E-state index contributed by atoms with van der Waals surface area (Å²) < 4.78 is 1.68. The van der Waals surface area contributed by atoms with E-state index >= 15 is 0 Å². The molecule has 0 unspecified atom stereocenters. The van der Waals surface area contributed by atoms with Crippen LogP contribution < -0.4 is 10.9 Å². The Labute approximate surface area is 111 Å². The molecule has 0 spiro atoms. The number of H-pyrrole nitrogens is 1. The molecule has 0 amide bonds. The molecular weight excluding hydrogens is 242 g/mol. The first-order valence-electron chi connectivity index (χ1n) is 6.36. The van der Waals surface area contributed by atoms with Gasteiger partial charge in [-0.3, -0.25) is 9.89 Å². The lowest BCUT2D eigenvalue weighted by molar-refractivity contribution is 0.509. The minimum atomic E-state index is -0.0858. The Hall–Kier alpha value is -2.11. The molecule has 6 nitrogen and oxygen atoms in total. The van der Waals surface area contributed by atoms with Gasteiger partial charge in [-0.25, -0.2) is 4.98 Å². The minimum absolute atomic E-state index is 0.0858. The number of aryl methyl sites for hydroxylation is 1. The second-order valence-corrected chi connectivity index (χ2v) is 5.00. The minimum Gasteiger partial charge on any atom is -0.361 e. The summed E-state index contributed by atoms with van der Waals surface area (Å²) >= 11 is 0. The molecule has 6 heteroatoms. The van der Waals surface area contributed by atoms with Gasteiger partial charge >= 0.3 is 0 Å². The van der Waals surface area contributed by atoms with Crippen molar-refractivity contribution >= 4 is 5.82 Å². The quantitative estimate of drug-likeness (QED) is 0.856. The molecule has 2 N–H and O–H groups in total. The number of aromatic nitrogens is 4. The van der Waals surface area contributed by atoms with Gasteiger partial charge < -0.3 is 9.88 Å². The van der Waals surface area contributed by atoms with Crippen LogP contribution in [-0.2, 0) is 13.1 Å². The van der Waals surface area contributed by atoms with Gasteiger partial charge in [-0.1, -0.05) is 13.8 Å². The number of nitrogens with one attached hydrogen (secondary N) is 2. The summed E-state index contributed by atoms with van der Waals surface area (Å²) in [6.07, 6.45) is 5.11. The summed E-state index contributed by atoms with van der Waals surface area (Å²) in [5, 5.41) is 9.87. The highest BCUT2D eigenvalue weighted by Gasteiger charge is 2.07. The Balaban J connectivity index is 2.13. The first kappa shape index (κ1) is 13.3. The third-order valence-electron chi connectivity index (χ3n) is 2.86. The monoisotopic (exact) mass is 261 g/mol. The molecule has 102 valence electrons. The molecule has 0 saturated carbocycles. The van der Waals surface area contributed by atoms with Crippen LogP contribution in [0, 0.1) is 12.8 Å². The van der Waals surface area contributed by atoms with Gasteiger partial charge in [0, 0.05) is 36.7 Å². The maximum atomic E-state index is 12.2. The lowest BCUT2D eigenvalue weighted by atomic mass is 10.2. The van der Waals surface area contributed by atoms with E-state index in [2.05, 4.69) is 34.3 Å². The van der Waals surface area contributed by atoms with E-state index in [9.17, 15) is 4.79 Å². The molecule has 0 saturated heterocycles. The predicted octanol–water partition coefficient (Wildman–Crippen LogP) is 1.54. The van der Waals surface area contributed by atoms with Crippen molar-refractivity contribution in [2.24, 2.45) is 5.92 Å². The standard InChI is InChI=1S/C13H19N5O/c1-9(2)8-18-5-4-14-12(13(18)19)15-6-11-7-16-17-10(11)3/h4-5,7,9H,6,8H2,1-3H3,(H,14,15)(H,16,17). The van der Waals surface area contributed by atoms with Crippen LogP contribution in [0.15, 0.2) is 23.4 Å². The zero-order valence-corrected chi connectivity index (χ0v) is 11.5. The van der Waals surface area contributed by atoms with Crippen molar-refractivity contribution in [3.05, 3.63) is 40.2 Å². The topological polar surface area (TPSA) is 75.6 Å². The maximum Gasteiger partial charge on any atom is 0.293 e.